The van der Waals surface area contributed by atoms with Gasteiger partial charge in [0.1, 0.15) is 18.0 Å². The number of carbonyl (C=O) groups excluding carboxylic acids is 1. The largest absolute Gasteiger partial charge is 0.330 e. The van der Waals surface area contributed by atoms with Gasteiger partial charge in [0.05, 0.1) is 4.90 Å². The first kappa shape index (κ1) is 22.8. The van der Waals surface area contributed by atoms with Crippen molar-refractivity contribution in [3.05, 3.63) is 132 Å². The van der Waals surface area contributed by atoms with E-state index >= 15 is 4.39 Å². The van der Waals surface area contributed by atoms with Crippen LogP contribution in [0.3, 0.4) is 0 Å². The van der Waals surface area contributed by atoms with Crippen LogP contribution in [-0.2, 0) is 14.8 Å². The van der Waals surface area contributed by atoms with Crippen molar-refractivity contribution in [1.29, 1.82) is 0 Å². The molecular weight excluding hydrogens is 463 g/mol. The second-order valence-corrected chi connectivity index (χ2v) is 10.2. The van der Waals surface area contributed by atoms with E-state index in [-0.39, 0.29) is 10.5 Å². The molecule has 0 unspecified atom stereocenters. The average molecular weight is 487 g/mol. The minimum Gasteiger partial charge on any atom is -0.330 e. The van der Waals surface area contributed by atoms with E-state index in [4.69, 9.17) is 0 Å². The smallest absolute Gasteiger partial charge is 0.268 e. The quantitative estimate of drug-likeness (QED) is 0.368. The van der Waals surface area contributed by atoms with Gasteiger partial charge < -0.3 is 4.90 Å². The number of carbonyl (C=O) groups is 1. The topological polar surface area (TPSA) is 57.7 Å². The third kappa shape index (κ3) is 3.98. The fourth-order valence-corrected chi connectivity index (χ4v) is 6.00. The van der Waals surface area contributed by atoms with E-state index in [2.05, 4.69) is 0 Å². The second-order valence-electron chi connectivity index (χ2n) is 8.40. The molecule has 1 saturated heterocycles. The number of anilines is 1. The molecule has 0 N–H and O–H groups in total. The van der Waals surface area contributed by atoms with Gasteiger partial charge in [0, 0.05) is 11.3 Å². The van der Waals surface area contributed by atoms with E-state index in [0.717, 1.165) is 9.87 Å². The Labute approximate surface area is 204 Å². The van der Waals surface area contributed by atoms with Crippen molar-refractivity contribution in [2.75, 3.05) is 4.90 Å². The third-order valence-corrected chi connectivity index (χ3v) is 7.91. The third-order valence-electron chi connectivity index (χ3n) is 6.15. The molecule has 1 fully saturated rings. The molecule has 0 radical (unpaired) electrons. The zero-order chi connectivity index (χ0) is 24.6. The van der Waals surface area contributed by atoms with E-state index in [1.165, 1.54) is 30.3 Å². The number of para-hydroxylation sites is 1. The number of benzene rings is 4. The number of aryl methyl sites for hydroxylation is 1. The number of halogens is 1. The molecule has 0 aromatic heterocycles. The minimum absolute atomic E-state index is 0.0282. The summed E-state index contributed by atoms with van der Waals surface area (Å²) in [5, 5.41) is 0. The Morgan fingerprint density at radius 2 is 1.31 bits per heavy atom. The summed E-state index contributed by atoms with van der Waals surface area (Å²) in [7, 11) is -4.33. The molecule has 7 heteroatoms. The molecule has 0 bridgehead atoms. The highest BCUT2D eigenvalue weighted by molar-refractivity contribution is 7.89. The lowest BCUT2D eigenvalue weighted by molar-refractivity contribution is -0.125. The molecule has 1 aliphatic rings. The molecule has 0 spiro atoms. The van der Waals surface area contributed by atoms with E-state index in [1.807, 2.05) is 19.1 Å². The lowest BCUT2D eigenvalue weighted by atomic mass is 10.0. The van der Waals surface area contributed by atoms with Crippen LogP contribution < -0.4 is 4.90 Å². The number of hydrogen-bond donors (Lipinski definition) is 0. The molecule has 1 amide bonds. The summed E-state index contributed by atoms with van der Waals surface area (Å²) in [5.74, 6) is -1.24. The first-order valence-electron chi connectivity index (χ1n) is 11.2. The second kappa shape index (κ2) is 9.00. The molecule has 0 saturated carbocycles. The van der Waals surface area contributed by atoms with Crippen LogP contribution in [0.15, 0.2) is 114 Å². The normalized spacial score (nSPS) is 18.2. The summed E-state index contributed by atoms with van der Waals surface area (Å²) >= 11 is 0. The van der Waals surface area contributed by atoms with Crippen molar-refractivity contribution in [3.8, 4) is 0 Å². The number of sulfonamides is 1. The molecule has 5 rings (SSSR count). The van der Waals surface area contributed by atoms with Crippen molar-refractivity contribution >= 4 is 21.6 Å². The summed E-state index contributed by atoms with van der Waals surface area (Å²) in [6.07, 6.45) is -1.22. The molecule has 0 aliphatic carbocycles. The SMILES string of the molecule is Cc1ccc(S(=O)(=O)N2C(=O)[C@@H](c3ccccc3)N(c3ccccc3)[C@@H]2c2ccccc2F)cc1. The van der Waals surface area contributed by atoms with Gasteiger partial charge in [-0.3, -0.25) is 4.79 Å². The molecule has 35 heavy (non-hydrogen) atoms. The molecule has 176 valence electrons. The molecule has 1 heterocycles. The van der Waals surface area contributed by atoms with Crippen LogP contribution in [0.2, 0.25) is 0 Å². The number of nitrogens with zero attached hydrogens (tertiary/aromatic N) is 2. The van der Waals surface area contributed by atoms with Crippen LogP contribution in [0.1, 0.15) is 28.9 Å². The van der Waals surface area contributed by atoms with Gasteiger partial charge >= 0.3 is 0 Å². The Balaban J connectivity index is 1.79. The molecule has 5 nitrogen and oxygen atoms in total. The number of amides is 1. The number of hydrogen-bond acceptors (Lipinski definition) is 4. The van der Waals surface area contributed by atoms with Crippen molar-refractivity contribution in [2.24, 2.45) is 0 Å². The van der Waals surface area contributed by atoms with Crippen LogP contribution in [-0.4, -0.2) is 18.6 Å². The van der Waals surface area contributed by atoms with E-state index < -0.39 is 34.0 Å². The van der Waals surface area contributed by atoms with Crippen LogP contribution >= 0.6 is 0 Å². The Kier molecular flexibility index (Phi) is 5.86. The fourth-order valence-electron chi connectivity index (χ4n) is 4.48. The first-order chi connectivity index (χ1) is 16.9. The Hall–Kier alpha value is -3.97. The Morgan fingerprint density at radius 1 is 0.743 bits per heavy atom. The first-order valence-corrected chi connectivity index (χ1v) is 12.6. The van der Waals surface area contributed by atoms with Gasteiger partial charge in [-0.05, 0) is 42.8 Å². The summed E-state index contributed by atoms with van der Waals surface area (Å²) in [4.78, 5) is 15.7. The van der Waals surface area contributed by atoms with Gasteiger partial charge in [0.25, 0.3) is 15.9 Å². The van der Waals surface area contributed by atoms with E-state index in [0.29, 0.717) is 11.3 Å². The maximum atomic E-state index is 15.2. The fraction of sp³-hybridized carbons (Fsp3) is 0.107. The van der Waals surface area contributed by atoms with Crippen molar-refractivity contribution in [2.45, 2.75) is 24.0 Å². The van der Waals surface area contributed by atoms with Crippen molar-refractivity contribution in [3.63, 3.8) is 0 Å². The van der Waals surface area contributed by atoms with Gasteiger partial charge in [-0.15, -0.1) is 0 Å². The summed E-state index contributed by atoms with van der Waals surface area (Å²) in [5.41, 5.74) is 2.20. The highest BCUT2D eigenvalue weighted by Gasteiger charge is 2.53. The molecular formula is C28H23FN2O3S. The maximum absolute atomic E-state index is 15.2. The van der Waals surface area contributed by atoms with Crippen molar-refractivity contribution < 1.29 is 17.6 Å². The Morgan fingerprint density at radius 3 is 1.94 bits per heavy atom. The predicted octanol–water partition coefficient (Wildman–Crippen LogP) is 5.61. The monoisotopic (exact) mass is 486 g/mol. The maximum Gasteiger partial charge on any atom is 0.268 e. The zero-order valence-electron chi connectivity index (χ0n) is 19.0. The van der Waals surface area contributed by atoms with E-state index in [9.17, 15) is 13.2 Å². The molecule has 1 aliphatic heterocycles. The summed E-state index contributed by atoms with van der Waals surface area (Å²) in [6, 6.07) is 29.3. The van der Waals surface area contributed by atoms with Gasteiger partial charge in [0.15, 0.2) is 0 Å². The highest BCUT2D eigenvalue weighted by atomic mass is 32.2. The zero-order valence-corrected chi connectivity index (χ0v) is 19.8. The van der Waals surface area contributed by atoms with Gasteiger partial charge in [0.2, 0.25) is 0 Å². The van der Waals surface area contributed by atoms with Gasteiger partial charge in [-0.1, -0.05) is 84.4 Å². The number of rotatable bonds is 5. The lowest BCUT2D eigenvalue weighted by Crippen LogP contribution is -2.37. The van der Waals surface area contributed by atoms with Gasteiger partial charge in [-0.2, -0.15) is 0 Å². The summed E-state index contributed by atoms with van der Waals surface area (Å²) < 4.78 is 44.0. The van der Waals surface area contributed by atoms with Crippen LogP contribution in [0.4, 0.5) is 10.1 Å². The van der Waals surface area contributed by atoms with Crippen LogP contribution in [0.5, 0.6) is 0 Å². The van der Waals surface area contributed by atoms with Crippen LogP contribution in [0, 0.1) is 12.7 Å². The highest BCUT2D eigenvalue weighted by Crippen LogP contribution is 2.47. The molecule has 4 aromatic rings. The summed E-state index contributed by atoms with van der Waals surface area (Å²) in [6.45, 7) is 1.85. The standard InChI is InChI=1S/C28H23FN2O3S/c1-20-16-18-23(19-17-20)35(33,34)31-27(24-14-8-9-15-25(24)29)30(22-12-6-3-7-13-22)26(28(31)32)21-10-4-2-5-11-21/h2-19,26-27H,1H3/t26-,27+/m1/s1. The molecule has 2 atom stereocenters. The predicted molar refractivity (Wildman–Crippen MR) is 132 cm³/mol. The average Bonchev–Trinajstić information content (AvgIpc) is 3.19. The minimum atomic E-state index is -4.33. The molecule has 4 aromatic carbocycles. The van der Waals surface area contributed by atoms with Crippen LogP contribution in [0.25, 0.3) is 0 Å². The Bertz CT molecular complexity index is 1460. The lowest BCUT2D eigenvalue weighted by Gasteiger charge is -2.33. The van der Waals surface area contributed by atoms with E-state index in [1.54, 1.807) is 71.6 Å². The van der Waals surface area contributed by atoms with Gasteiger partial charge in [-0.25, -0.2) is 17.1 Å². The van der Waals surface area contributed by atoms with Crippen molar-refractivity contribution in [1.82, 2.24) is 4.31 Å².